The van der Waals surface area contributed by atoms with Gasteiger partial charge in [-0.25, -0.2) is 8.78 Å². The number of nitro benzene ring substituents is 1. The van der Waals surface area contributed by atoms with E-state index in [4.69, 9.17) is 0 Å². The molecule has 2 aromatic rings. The van der Waals surface area contributed by atoms with E-state index in [1.54, 1.807) is 13.0 Å². The number of hydrogen-bond acceptors (Lipinski definition) is 3. The molecule has 0 aliphatic rings. The normalized spacial score (nSPS) is 11.8. The number of benzene rings is 2. The third-order valence-electron chi connectivity index (χ3n) is 3.57. The molecule has 1 atom stereocenters. The second kappa shape index (κ2) is 6.51. The Morgan fingerprint density at radius 3 is 2.35 bits per heavy atom. The van der Waals surface area contributed by atoms with E-state index in [0.717, 1.165) is 12.1 Å². The van der Waals surface area contributed by atoms with Crippen molar-refractivity contribution in [2.24, 2.45) is 0 Å². The molecular formula is C16H14F2N2O3. The maximum absolute atomic E-state index is 13.2. The Hall–Kier alpha value is -2.83. The van der Waals surface area contributed by atoms with Gasteiger partial charge in [0.2, 0.25) is 0 Å². The second-order valence-electron chi connectivity index (χ2n) is 5.10. The Morgan fingerprint density at radius 1 is 1.17 bits per heavy atom. The van der Waals surface area contributed by atoms with Crippen molar-refractivity contribution >= 4 is 11.6 Å². The highest BCUT2D eigenvalue weighted by molar-refractivity contribution is 5.94. The average molecular weight is 320 g/mol. The first-order valence-corrected chi connectivity index (χ1v) is 6.77. The van der Waals surface area contributed by atoms with Crippen molar-refractivity contribution < 1.29 is 18.5 Å². The van der Waals surface area contributed by atoms with Crippen LogP contribution in [0.1, 0.15) is 28.9 Å². The van der Waals surface area contributed by atoms with Gasteiger partial charge in [0.05, 0.1) is 11.0 Å². The lowest BCUT2D eigenvalue weighted by molar-refractivity contribution is -0.384. The topological polar surface area (TPSA) is 63.5 Å². The number of non-ortho nitro benzene ring substituents is 1. The van der Waals surface area contributed by atoms with Gasteiger partial charge < -0.3 is 4.90 Å². The monoisotopic (exact) mass is 320 g/mol. The Bertz CT molecular complexity index is 744. The summed E-state index contributed by atoms with van der Waals surface area (Å²) >= 11 is 0. The van der Waals surface area contributed by atoms with E-state index >= 15 is 0 Å². The van der Waals surface area contributed by atoms with Crippen molar-refractivity contribution in [3.05, 3.63) is 75.3 Å². The van der Waals surface area contributed by atoms with Gasteiger partial charge in [-0.3, -0.25) is 14.9 Å². The standard InChI is InChI=1S/C16H14F2N2O3/c1-10(11-4-3-5-15(8-11)20(22)23)19(2)16(21)12-6-13(17)9-14(18)7-12/h3-10H,1-2H3/t10-/m1/s1. The quantitative estimate of drug-likeness (QED) is 0.637. The van der Waals surface area contributed by atoms with Gasteiger partial charge in [0, 0.05) is 30.8 Å². The van der Waals surface area contributed by atoms with Crippen molar-refractivity contribution in [2.75, 3.05) is 7.05 Å². The number of nitrogens with zero attached hydrogens (tertiary/aromatic N) is 2. The van der Waals surface area contributed by atoms with Gasteiger partial charge in [0.1, 0.15) is 11.6 Å². The molecule has 0 heterocycles. The van der Waals surface area contributed by atoms with Crippen LogP contribution in [0.25, 0.3) is 0 Å². The smallest absolute Gasteiger partial charge is 0.269 e. The minimum Gasteiger partial charge on any atom is -0.335 e. The number of nitro groups is 1. The van der Waals surface area contributed by atoms with E-state index in [0.29, 0.717) is 11.6 Å². The number of carbonyl (C=O) groups is 1. The molecule has 0 fully saturated rings. The molecule has 23 heavy (non-hydrogen) atoms. The van der Waals surface area contributed by atoms with Gasteiger partial charge in [-0.1, -0.05) is 12.1 Å². The van der Waals surface area contributed by atoms with Crippen LogP contribution in [-0.2, 0) is 0 Å². The van der Waals surface area contributed by atoms with Gasteiger partial charge in [-0.2, -0.15) is 0 Å². The molecule has 0 saturated heterocycles. The molecule has 0 bridgehead atoms. The first-order chi connectivity index (χ1) is 10.8. The number of carbonyl (C=O) groups excluding carboxylic acids is 1. The highest BCUT2D eigenvalue weighted by atomic mass is 19.1. The fraction of sp³-hybridized carbons (Fsp3) is 0.188. The van der Waals surface area contributed by atoms with Crippen LogP contribution in [-0.4, -0.2) is 22.8 Å². The zero-order chi connectivity index (χ0) is 17.1. The molecule has 0 unspecified atom stereocenters. The van der Waals surface area contributed by atoms with E-state index in [1.165, 1.54) is 30.1 Å². The lowest BCUT2D eigenvalue weighted by Crippen LogP contribution is -2.29. The van der Waals surface area contributed by atoms with E-state index in [9.17, 15) is 23.7 Å². The molecule has 0 saturated carbocycles. The van der Waals surface area contributed by atoms with E-state index < -0.39 is 28.5 Å². The van der Waals surface area contributed by atoms with Crippen molar-refractivity contribution in [3.63, 3.8) is 0 Å². The molecule has 2 rings (SSSR count). The number of rotatable bonds is 4. The molecule has 5 nitrogen and oxygen atoms in total. The molecule has 0 N–H and O–H groups in total. The maximum Gasteiger partial charge on any atom is 0.269 e. The third-order valence-corrected chi connectivity index (χ3v) is 3.57. The Kier molecular flexibility index (Phi) is 4.68. The third kappa shape index (κ3) is 3.68. The van der Waals surface area contributed by atoms with Crippen LogP contribution in [0.3, 0.4) is 0 Å². The zero-order valence-corrected chi connectivity index (χ0v) is 12.5. The van der Waals surface area contributed by atoms with E-state index in [1.807, 2.05) is 0 Å². The first-order valence-electron chi connectivity index (χ1n) is 6.77. The Balaban J connectivity index is 2.28. The average Bonchev–Trinajstić information content (AvgIpc) is 2.51. The Labute approximate surface area is 131 Å². The summed E-state index contributed by atoms with van der Waals surface area (Å²) in [5.74, 6) is -2.27. The van der Waals surface area contributed by atoms with Crippen LogP contribution >= 0.6 is 0 Å². The lowest BCUT2D eigenvalue weighted by Gasteiger charge is -2.25. The number of amides is 1. The van der Waals surface area contributed by atoms with Gasteiger partial charge in [0.25, 0.3) is 11.6 Å². The van der Waals surface area contributed by atoms with Crippen LogP contribution in [0.4, 0.5) is 14.5 Å². The van der Waals surface area contributed by atoms with Crippen molar-refractivity contribution in [2.45, 2.75) is 13.0 Å². The summed E-state index contributed by atoms with van der Waals surface area (Å²) in [5, 5.41) is 10.8. The maximum atomic E-state index is 13.2. The first kappa shape index (κ1) is 16.5. The predicted molar refractivity (Wildman–Crippen MR) is 80.0 cm³/mol. The van der Waals surface area contributed by atoms with E-state index in [-0.39, 0.29) is 11.3 Å². The van der Waals surface area contributed by atoms with Crippen LogP contribution in [0, 0.1) is 21.7 Å². The van der Waals surface area contributed by atoms with E-state index in [2.05, 4.69) is 0 Å². The summed E-state index contributed by atoms with van der Waals surface area (Å²) in [4.78, 5) is 23.9. The summed E-state index contributed by atoms with van der Waals surface area (Å²) in [7, 11) is 1.47. The predicted octanol–water partition coefficient (Wildman–Crippen LogP) is 3.71. The molecule has 7 heteroatoms. The summed E-state index contributed by atoms with van der Waals surface area (Å²) in [6.07, 6.45) is 0. The molecule has 0 aliphatic carbocycles. The fourth-order valence-electron chi connectivity index (χ4n) is 2.18. The summed E-state index contributed by atoms with van der Waals surface area (Å²) in [6.45, 7) is 1.67. The van der Waals surface area contributed by atoms with Crippen molar-refractivity contribution in [1.29, 1.82) is 0 Å². The van der Waals surface area contributed by atoms with Gasteiger partial charge in [-0.05, 0) is 24.6 Å². The molecular weight excluding hydrogens is 306 g/mol. The van der Waals surface area contributed by atoms with Gasteiger partial charge in [-0.15, -0.1) is 0 Å². The van der Waals surface area contributed by atoms with Crippen molar-refractivity contribution in [3.8, 4) is 0 Å². The summed E-state index contributed by atoms with van der Waals surface area (Å²) in [6, 6.07) is 7.94. The second-order valence-corrected chi connectivity index (χ2v) is 5.10. The number of halogens is 2. The van der Waals surface area contributed by atoms with Crippen LogP contribution in [0.2, 0.25) is 0 Å². The van der Waals surface area contributed by atoms with Gasteiger partial charge in [0.15, 0.2) is 0 Å². The minimum atomic E-state index is -0.843. The molecule has 120 valence electrons. The summed E-state index contributed by atoms with van der Waals surface area (Å²) in [5.41, 5.74) is 0.334. The molecule has 2 aromatic carbocycles. The minimum absolute atomic E-state index is 0.0907. The van der Waals surface area contributed by atoms with Crippen LogP contribution in [0.15, 0.2) is 42.5 Å². The SMILES string of the molecule is C[C@H](c1cccc([N+](=O)[O-])c1)N(C)C(=O)c1cc(F)cc(F)c1. The van der Waals surface area contributed by atoms with Crippen molar-refractivity contribution in [1.82, 2.24) is 4.90 Å². The zero-order valence-electron chi connectivity index (χ0n) is 12.5. The number of hydrogen-bond donors (Lipinski definition) is 0. The van der Waals surface area contributed by atoms with Crippen LogP contribution < -0.4 is 0 Å². The molecule has 0 aromatic heterocycles. The Morgan fingerprint density at radius 2 is 1.78 bits per heavy atom. The van der Waals surface area contributed by atoms with Crippen LogP contribution in [0.5, 0.6) is 0 Å². The molecule has 1 amide bonds. The largest absolute Gasteiger partial charge is 0.335 e. The lowest BCUT2D eigenvalue weighted by atomic mass is 10.1. The molecule has 0 aliphatic heterocycles. The highest BCUT2D eigenvalue weighted by Crippen LogP contribution is 2.24. The molecule has 0 radical (unpaired) electrons. The summed E-state index contributed by atoms with van der Waals surface area (Å²) < 4.78 is 26.5. The van der Waals surface area contributed by atoms with Gasteiger partial charge >= 0.3 is 0 Å². The highest BCUT2D eigenvalue weighted by Gasteiger charge is 2.21. The molecule has 0 spiro atoms. The fourth-order valence-corrected chi connectivity index (χ4v) is 2.18.